The lowest BCUT2D eigenvalue weighted by molar-refractivity contribution is 0.249. The highest BCUT2D eigenvalue weighted by atomic mass is 16.2. The van der Waals surface area contributed by atoms with Gasteiger partial charge in [-0.2, -0.15) is 5.10 Å². The summed E-state index contributed by atoms with van der Waals surface area (Å²) in [7, 11) is 0. The number of aromatic nitrogens is 2. The molecular weight excluding hydrogens is 288 g/mol. The number of rotatable bonds is 4. The number of fused-ring (bicyclic) bond motifs is 1. The molecule has 2 amide bonds. The van der Waals surface area contributed by atoms with Crippen LogP contribution in [0.5, 0.6) is 0 Å². The van der Waals surface area contributed by atoms with E-state index in [4.69, 9.17) is 0 Å². The molecule has 0 radical (unpaired) electrons. The Morgan fingerprint density at radius 1 is 1.35 bits per heavy atom. The maximum Gasteiger partial charge on any atom is 0.319 e. The highest BCUT2D eigenvalue weighted by Crippen LogP contribution is 2.27. The third kappa shape index (κ3) is 3.92. The topological polar surface area (TPSA) is 69.8 Å². The van der Waals surface area contributed by atoms with Gasteiger partial charge in [-0.05, 0) is 62.8 Å². The summed E-state index contributed by atoms with van der Waals surface area (Å²) in [6.07, 6.45) is 5.31. The van der Waals surface area contributed by atoms with E-state index in [2.05, 4.69) is 26.9 Å². The summed E-state index contributed by atoms with van der Waals surface area (Å²) in [5.41, 5.74) is 5.61. The van der Waals surface area contributed by atoms with E-state index in [-0.39, 0.29) is 12.1 Å². The fourth-order valence-electron chi connectivity index (χ4n) is 3.22. The lowest BCUT2D eigenvalue weighted by Crippen LogP contribution is -2.37. The van der Waals surface area contributed by atoms with E-state index in [1.807, 2.05) is 32.0 Å². The largest absolute Gasteiger partial charge is 0.335 e. The second-order valence-corrected chi connectivity index (χ2v) is 6.40. The smallest absolute Gasteiger partial charge is 0.319 e. The Balaban J connectivity index is 1.59. The summed E-state index contributed by atoms with van der Waals surface area (Å²) < 4.78 is 0. The van der Waals surface area contributed by atoms with Crippen LogP contribution in [0.15, 0.2) is 24.3 Å². The molecule has 0 saturated carbocycles. The van der Waals surface area contributed by atoms with Gasteiger partial charge in [-0.1, -0.05) is 12.1 Å². The van der Waals surface area contributed by atoms with Crippen molar-refractivity contribution in [3.8, 4) is 0 Å². The first-order valence-corrected chi connectivity index (χ1v) is 8.31. The zero-order valence-corrected chi connectivity index (χ0v) is 13.8. The third-order valence-corrected chi connectivity index (χ3v) is 4.30. The van der Waals surface area contributed by atoms with Crippen LogP contribution >= 0.6 is 0 Å². The average Bonchev–Trinajstić information content (AvgIpc) is 2.92. The Bertz CT molecular complexity index is 692. The molecule has 0 bridgehead atoms. The predicted octanol–water partition coefficient (Wildman–Crippen LogP) is 3.35. The van der Waals surface area contributed by atoms with Gasteiger partial charge in [0.05, 0.1) is 5.69 Å². The molecule has 0 aliphatic heterocycles. The van der Waals surface area contributed by atoms with Crippen LogP contribution in [0.1, 0.15) is 42.3 Å². The van der Waals surface area contributed by atoms with Gasteiger partial charge in [0.15, 0.2) is 0 Å². The van der Waals surface area contributed by atoms with Crippen molar-refractivity contribution in [2.45, 2.75) is 52.0 Å². The minimum Gasteiger partial charge on any atom is -0.335 e. The molecule has 1 aliphatic rings. The van der Waals surface area contributed by atoms with Crippen molar-refractivity contribution in [1.82, 2.24) is 15.5 Å². The molecule has 1 atom stereocenters. The van der Waals surface area contributed by atoms with Crippen LogP contribution in [0.25, 0.3) is 0 Å². The van der Waals surface area contributed by atoms with Crippen LogP contribution in [0.2, 0.25) is 0 Å². The van der Waals surface area contributed by atoms with E-state index in [1.165, 1.54) is 24.0 Å². The lowest BCUT2D eigenvalue weighted by atomic mass is 9.90. The molecule has 3 rings (SSSR count). The van der Waals surface area contributed by atoms with Gasteiger partial charge in [-0.15, -0.1) is 0 Å². The molecule has 1 aromatic carbocycles. The van der Waals surface area contributed by atoms with Crippen molar-refractivity contribution >= 4 is 11.7 Å². The zero-order chi connectivity index (χ0) is 16.2. The molecule has 5 nitrogen and oxygen atoms in total. The number of nitrogens with zero attached hydrogens (tertiary/aromatic N) is 1. The van der Waals surface area contributed by atoms with E-state index in [0.29, 0.717) is 6.42 Å². The summed E-state index contributed by atoms with van der Waals surface area (Å²) in [6.45, 7) is 3.96. The van der Waals surface area contributed by atoms with E-state index in [1.54, 1.807) is 0 Å². The quantitative estimate of drug-likeness (QED) is 0.810. The molecule has 0 fully saturated rings. The SMILES string of the molecule is Cc1cc(CC(C)NC(=O)Nc2cccc3c2CCCC3)n[nH]1. The second-order valence-electron chi connectivity index (χ2n) is 6.40. The zero-order valence-electron chi connectivity index (χ0n) is 13.8. The van der Waals surface area contributed by atoms with Gasteiger partial charge in [0.2, 0.25) is 0 Å². The third-order valence-electron chi connectivity index (χ3n) is 4.30. The number of hydrogen-bond acceptors (Lipinski definition) is 2. The van der Waals surface area contributed by atoms with Crippen molar-refractivity contribution in [2.24, 2.45) is 0 Å². The van der Waals surface area contributed by atoms with Crippen LogP contribution in [-0.2, 0) is 19.3 Å². The number of anilines is 1. The molecule has 5 heteroatoms. The first-order chi connectivity index (χ1) is 11.1. The van der Waals surface area contributed by atoms with Crippen molar-refractivity contribution in [1.29, 1.82) is 0 Å². The first-order valence-electron chi connectivity index (χ1n) is 8.31. The molecule has 0 saturated heterocycles. The van der Waals surface area contributed by atoms with Gasteiger partial charge in [-0.3, -0.25) is 5.10 Å². The normalized spacial score (nSPS) is 14.9. The minimum atomic E-state index is -0.149. The molecule has 1 aliphatic carbocycles. The number of amides is 2. The van der Waals surface area contributed by atoms with E-state index >= 15 is 0 Å². The van der Waals surface area contributed by atoms with Crippen LogP contribution < -0.4 is 10.6 Å². The molecule has 2 aromatic rings. The van der Waals surface area contributed by atoms with Crippen LogP contribution in [0.3, 0.4) is 0 Å². The number of hydrogen-bond donors (Lipinski definition) is 3. The Labute approximate surface area is 136 Å². The van der Waals surface area contributed by atoms with Gasteiger partial charge < -0.3 is 10.6 Å². The molecule has 122 valence electrons. The number of aryl methyl sites for hydroxylation is 2. The number of benzene rings is 1. The van der Waals surface area contributed by atoms with Crippen molar-refractivity contribution in [3.05, 3.63) is 46.8 Å². The number of carbonyl (C=O) groups is 1. The van der Waals surface area contributed by atoms with Crippen molar-refractivity contribution in [3.63, 3.8) is 0 Å². The first kappa shape index (κ1) is 15.6. The molecule has 3 N–H and O–H groups in total. The Morgan fingerprint density at radius 3 is 2.96 bits per heavy atom. The van der Waals surface area contributed by atoms with Gasteiger partial charge in [-0.25, -0.2) is 4.79 Å². The summed E-state index contributed by atoms with van der Waals surface area (Å²) in [5.74, 6) is 0. The molecule has 1 aromatic heterocycles. The van der Waals surface area contributed by atoms with Crippen molar-refractivity contribution in [2.75, 3.05) is 5.32 Å². The maximum absolute atomic E-state index is 12.3. The summed E-state index contributed by atoms with van der Waals surface area (Å²) >= 11 is 0. The number of urea groups is 1. The summed E-state index contributed by atoms with van der Waals surface area (Å²) in [6, 6.07) is 8.06. The predicted molar refractivity (Wildman–Crippen MR) is 91.7 cm³/mol. The molecule has 23 heavy (non-hydrogen) atoms. The van der Waals surface area contributed by atoms with E-state index in [0.717, 1.165) is 29.9 Å². The summed E-state index contributed by atoms with van der Waals surface area (Å²) in [4.78, 5) is 12.3. The van der Waals surface area contributed by atoms with Gasteiger partial charge in [0, 0.05) is 23.8 Å². The highest BCUT2D eigenvalue weighted by Gasteiger charge is 2.15. The van der Waals surface area contributed by atoms with E-state index < -0.39 is 0 Å². The fraction of sp³-hybridized carbons (Fsp3) is 0.444. The number of carbonyl (C=O) groups excluding carboxylic acids is 1. The van der Waals surface area contributed by atoms with Gasteiger partial charge in [0.25, 0.3) is 0 Å². The Kier molecular flexibility index (Phi) is 4.65. The fourth-order valence-corrected chi connectivity index (χ4v) is 3.22. The molecule has 0 spiro atoms. The van der Waals surface area contributed by atoms with Crippen LogP contribution in [-0.4, -0.2) is 22.3 Å². The minimum absolute atomic E-state index is 0.0252. The van der Waals surface area contributed by atoms with Crippen molar-refractivity contribution < 1.29 is 4.79 Å². The molecule has 1 unspecified atom stereocenters. The number of H-pyrrole nitrogens is 1. The number of aromatic amines is 1. The van der Waals surface area contributed by atoms with E-state index in [9.17, 15) is 4.79 Å². The lowest BCUT2D eigenvalue weighted by Gasteiger charge is -2.20. The molecular formula is C18H24N4O. The van der Waals surface area contributed by atoms with Crippen LogP contribution in [0.4, 0.5) is 10.5 Å². The Morgan fingerprint density at radius 2 is 2.17 bits per heavy atom. The average molecular weight is 312 g/mol. The second kappa shape index (κ2) is 6.86. The summed E-state index contributed by atoms with van der Waals surface area (Å²) in [5, 5.41) is 13.1. The number of nitrogens with one attached hydrogen (secondary N) is 3. The maximum atomic E-state index is 12.3. The van der Waals surface area contributed by atoms with Gasteiger partial charge >= 0.3 is 6.03 Å². The van der Waals surface area contributed by atoms with Crippen LogP contribution in [0, 0.1) is 6.92 Å². The van der Waals surface area contributed by atoms with Gasteiger partial charge in [0.1, 0.15) is 0 Å². The monoisotopic (exact) mass is 312 g/mol. The standard InChI is InChI=1S/C18H24N4O/c1-12(10-15-11-13(2)21-22-15)19-18(23)20-17-9-5-7-14-6-3-4-8-16(14)17/h5,7,9,11-12H,3-4,6,8,10H2,1-2H3,(H,21,22)(H2,19,20,23). The Hall–Kier alpha value is -2.30. The molecule has 1 heterocycles. The highest BCUT2D eigenvalue weighted by molar-refractivity contribution is 5.90.